The number of piperidine rings is 1. The van der Waals surface area contributed by atoms with Gasteiger partial charge >= 0.3 is 0 Å². The third-order valence-electron chi connectivity index (χ3n) is 5.05. The van der Waals surface area contributed by atoms with Gasteiger partial charge in [0, 0.05) is 24.9 Å². The number of carbonyl (C=O) groups is 1. The molecule has 1 N–H and O–H groups in total. The van der Waals surface area contributed by atoms with E-state index in [1.165, 1.54) is 12.8 Å². The molecule has 1 amide bonds. The minimum absolute atomic E-state index is 0.0520. The Hall–Kier alpha value is -2.37. The number of aryl methyl sites for hydroxylation is 1. The molecule has 2 fully saturated rings. The van der Waals surface area contributed by atoms with Crippen LogP contribution in [-0.4, -0.2) is 45.7 Å². The SMILES string of the molecule is Cc1cccc(OCC(=O)N2CCC(c3nc(C4CC4)n[nH]3)CC2)c1. The lowest BCUT2D eigenvalue weighted by Crippen LogP contribution is -2.40. The molecule has 1 aliphatic carbocycles. The van der Waals surface area contributed by atoms with Gasteiger partial charge in [0.1, 0.15) is 11.6 Å². The Morgan fingerprint density at radius 3 is 2.76 bits per heavy atom. The molecule has 0 atom stereocenters. The van der Waals surface area contributed by atoms with Gasteiger partial charge < -0.3 is 9.64 Å². The maximum atomic E-state index is 12.4. The van der Waals surface area contributed by atoms with Crippen LogP contribution < -0.4 is 4.74 Å². The first kappa shape index (κ1) is 16.1. The third-order valence-corrected chi connectivity index (χ3v) is 5.05. The Kier molecular flexibility index (Phi) is 4.42. The monoisotopic (exact) mass is 340 g/mol. The van der Waals surface area contributed by atoms with E-state index in [4.69, 9.17) is 4.74 Å². The second-order valence-corrected chi connectivity index (χ2v) is 7.11. The summed E-state index contributed by atoms with van der Waals surface area (Å²) < 4.78 is 5.63. The second kappa shape index (κ2) is 6.86. The number of carbonyl (C=O) groups excluding carboxylic acids is 1. The van der Waals surface area contributed by atoms with Crippen molar-refractivity contribution in [1.29, 1.82) is 0 Å². The van der Waals surface area contributed by atoms with Gasteiger partial charge in [0.2, 0.25) is 0 Å². The molecule has 2 aliphatic rings. The van der Waals surface area contributed by atoms with E-state index < -0.39 is 0 Å². The number of nitrogens with one attached hydrogen (secondary N) is 1. The van der Waals surface area contributed by atoms with Crippen molar-refractivity contribution in [3.63, 3.8) is 0 Å². The van der Waals surface area contributed by atoms with E-state index in [2.05, 4.69) is 15.2 Å². The maximum absolute atomic E-state index is 12.4. The molecule has 6 heteroatoms. The fraction of sp³-hybridized carbons (Fsp3) is 0.526. The zero-order valence-electron chi connectivity index (χ0n) is 14.6. The number of aromatic amines is 1. The average Bonchev–Trinajstić information content (AvgIpc) is 3.37. The quantitative estimate of drug-likeness (QED) is 0.908. The van der Waals surface area contributed by atoms with Gasteiger partial charge in [-0.15, -0.1) is 0 Å². The van der Waals surface area contributed by atoms with Gasteiger partial charge in [-0.25, -0.2) is 4.98 Å². The third kappa shape index (κ3) is 3.83. The Morgan fingerprint density at radius 2 is 2.04 bits per heavy atom. The van der Waals surface area contributed by atoms with Crippen LogP contribution in [0.2, 0.25) is 0 Å². The van der Waals surface area contributed by atoms with E-state index in [9.17, 15) is 4.79 Å². The van der Waals surface area contributed by atoms with Crippen LogP contribution in [0.15, 0.2) is 24.3 Å². The predicted molar refractivity (Wildman–Crippen MR) is 93.6 cm³/mol. The predicted octanol–water partition coefficient (Wildman–Crippen LogP) is 2.78. The van der Waals surface area contributed by atoms with Crippen LogP contribution in [0.25, 0.3) is 0 Å². The largest absolute Gasteiger partial charge is 0.484 e. The molecule has 1 saturated heterocycles. The first-order valence-corrected chi connectivity index (χ1v) is 9.08. The van der Waals surface area contributed by atoms with Gasteiger partial charge in [0.05, 0.1) is 0 Å². The van der Waals surface area contributed by atoms with Crippen LogP contribution in [0.3, 0.4) is 0 Å². The van der Waals surface area contributed by atoms with E-state index in [1.807, 2.05) is 36.1 Å². The van der Waals surface area contributed by atoms with Gasteiger partial charge in [-0.3, -0.25) is 9.89 Å². The van der Waals surface area contributed by atoms with Crippen molar-refractivity contribution >= 4 is 5.91 Å². The van der Waals surface area contributed by atoms with E-state index in [1.54, 1.807) is 0 Å². The summed E-state index contributed by atoms with van der Waals surface area (Å²) in [5.41, 5.74) is 1.13. The second-order valence-electron chi connectivity index (χ2n) is 7.11. The van der Waals surface area contributed by atoms with Crippen molar-refractivity contribution < 1.29 is 9.53 Å². The van der Waals surface area contributed by atoms with Gasteiger partial charge in [0.15, 0.2) is 12.4 Å². The molecule has 2 aromatic rings. The summed E-state index contributed by atoms with van der Waals surface area (Å²) in [6.45, 7) is 3.61. The van der Waals surface area contributed by atoms with E-state index >= 15 is 0 Å². The average molecular weight is 340 g/mol. The number of ether oxygens (including phenoxy) is 1. The van der Waals surface area contributed by atoms with Gasteiger partial charge in [0.25, 0.3) is 5.91 Å². The summed E-state index contributed by atoms with van der Waals surface area (Å²) in [6.07, 6.45) is 4.28. The Morgan fingerprint density at radius 1 is 1.24 bits per heavy atom. The van der Waals surface area contributed by atoms with E-state index in [0.29, 0.717) is 11.8 Å². The number of hydrogen-bond donors (Lipinski definition) is 1. The molecule has 0 bridgehead atoms. The van der Waals surface area contributed by atoms with Crippen LogP contribution in [0, 0.1) is 6.92 Å². The number of benzene rings is 1. The number of hydrogen-bond acceptors (Lipinski definition) is 4. The van der Waals surface area contributed by atoms with E-state index in [0.717, 1.165) is 48.9 Å². The molecule has 1 saturated carbocycles. The van der Waals surface area contributed by atoms with Gasteiger partial charge in [-0.05, 0) is 50.3 Å². The molecule has 6 nitrogen and oxygen atoms in total. The molecule has 25 heavy (non-hydrogen) atoms. The minimum Gasteiger partial charge on any atom is -0.484 e. The van der Waals surface area contributed by atoms with Crippen molar-refractivity contribution in [2.75, 3.05) is 19.7 Å². The molecule has 1 aromatic heterocycles. The van der Waals surface area contributed by atoms with Gasteiger partial charge in [-0.1, -0.05) is 12.1 Å². The highest BCUT2D eigenvalue weighted by molar-refractivity contribution is 5.77. The Labute approximate surface area is 147 Å². The van der Waals surface area contributed by atoms with Crippen LogP contribution in [0.1, 0.15) is 54.7 Å². The van der Waals surface area contributed by atoms with Crippen molar-refractivity contribution in [1.82, 2.24) is 20.1 Å². The number of nitrogens with zero attached hydrogens (tertiary/aromatic N) is 3. The summed E-state index contributed by atoms with van der Waals surface area (Å²) in [5.74, 6) is 3.71. The van der Waals surface area contributed by atoms with Crippen molar-refractivity contribution in [2.45, 2.75) is 44.4 Å². The van der Waals surface area contributed by atoms with Crippen LogP contribution >= 0.6 is 0 Å². The van der Waals surface area contributed by atoms with Crippen LogP contribution in [-0.2, 0) is 4.79 Å². The highest BCUT2D eigenvalue weighted by Gasteiger charge is 2.30. The van der Waals surface area contributed by atoms with Crippen molar-refractivity contribution in [3.8, 4) is 5.75 Å². The lowest BCUT2D eigenvalue weighted by Gasteiger charge is -2.30. The molecule has 0 spiro atoms. The Balaban J connectivity index is 1.26. The fourth-order valence-electron chi connectivity index (χ4n) is 3.34. The minimum atomic E-state index is 0.0520. The summed E-state index contributed by atoms with van der Waals surface area (Å²) in [7, 11) is 0. The lowest BCUT2D eigenvalue weighted by molar-refractivity contribution is -0.134. The fourth-order valence-corrected chi connectivity index (χ4v) is 3.34. The van der Waals surface area contributed by atoms with Crippen LogP contribution in [0.4, 0.5) is 0 Å². The molecule has 0 unspecified atom stereocenters. The maximum Gasteiger partial charge on any atom is 0.260 e. The molecule has 2 heterocycles. The smallest absolute Gasteiger partial charge is 0.260 e. The highest BCUT2D eigenvalue weighted by Crippen LogP contribution is 2.38. The standard InChI is InChI=1S/C19H24N4O2/c1-13-3-2-4-16(11-13)25-12-17(24)23-9-7-15(8-10-23)19-20-18(21-22-19)14-5-6-14/h2-4,11,14-15H,5-10,12H2,1H3,(H,20,21,22). The molecular weight excluding hydrogens is 316 g/mol. The first-order chi connectivity index (χ1) is 12.2. The molecule has 1 aliphatic heterocycles. The van der Waals surface area contributed by atoms with Crippen molar-refractivity contribution in [3.05, 3.63) is 41.5 Å². The lowest BCUT2D eigenvalue weighted by atomic mass is 9.96. The summed E-state index contributed by atoms with van der Waals surface area (Å²) in [4.78, 5) is 18.9. The summed E-state index contributed by atoms with van der Waals surface area (Å²) >= 11 is 0. The number of amides is 1. The molecule has 1 aromatic carbocycles. The van der Waals surface area contributed by atoms with E-state index in [-0.39, 0.29) is 12.5 Å². The zero-order valence-corrected chi connectivity index (χ0v) is 14.6. The van der Waals surface area contributed by atoms with Crippen LogP contribution in [0.5, 0.6) is 5.75 Å². The molecular formula is C19H24N4O2. The highest BCUT2D eigenvalue weighted by atomic mass is 16.5. The molecule has 4 rings (SSSR count). The topological polar surface area (TPSA) is 71.1 Å². The molecule has 132 valence electrons. The van der Waals surface area contributed by atoms with Crippen molar-refractivity contribution in [2.24, 2.45) is 0 Å². The zero-order chi connectivity index (χ0) is 17.2. The summed E-state index contributed by atoms with van der Waals surface area (Å²) in [6, 6.07) is 7.78. The molecule has 0 radical (unpaired) electrons. The normalized spacial score (nSPS) is 18.4. The first-order valence-electron chi connectivity index (χ1n) is 9.08. The van der Waals surface area contributed by atoms with Gasteiger partial charge in [-0.2, -0.15) is 5.10 Å². The summed E-state index contributed by atoms with van der Waals surface area (Å²) in [5, 5.41) is 7.44. The Bertz CT molecular complexity index is 745. The number of aromatic nitrogens is 3. The number of likely N-dealkylation sites (tertiary alicyclic amines) is 1. The number of H-pyrrole nitrogens is 1. The number of rotatable bonds is 5.